The van der Waals surface area contributed by atoms with Crippen molar-refractivity contribution in [1.82, 2.24) is 4.31 Å². The zero-order chi connectivity index (χ0) is 14.5. The van der Waals surface area contributed by atoms with Gasteiger partial charge in [-0.25, -0.2) is 8.42 Å². The van der Waals surface area contributed by atoms with Gasteiger partial charge in [0.25, 0.3) is 0 Å². The van der Waals surface area contributed by atoms with Crippen molar-refractivity contribution < 1.29 is 13.2 Å². The van der Waals surface area contributed by atoms with E-state index in [1.807, 2.05) is 6.92 Å². The molecule has 1 rings (SSSR count). The summed E-state index contributed by atoms with van der Waals surface area (Å²) in [6.07, 6.45) is 5.88. The van der Waals surface area contributed by atoms with Crippen molar-refractivity contribution in [2.45, 2.75) is 25.2 Å². The van der Waals surface area contributed by atoms with E-state index >= 15 is 0 Å². The Hall–Kier alpha value is -1.64. The molecule has 0 aliphatic carbocycles. The van der Waals surface area contributed by atoms with Gasteiger partial charge >= 0.3 is 0 Å². The van der Waals surface area contributed by atoms with Crippen molar-refractivity contribution in [2.24, 2.45) is 0 Å². The second-order valence-electron chi connectivity index (χ2n) is 4.12. The van der Waals surface area contributed by atoms with Crippen molar-refractivity contribution in [3.8, 4) is 12.3 Å². The van der Waals surface area contributed by atoms with E-state index in [-0.39, 0.29) is 17.2 Å². The molecule has 1 aromatic rings. The lowest BCUT2D eigenvalue weighted by Gasteiger charge is -2.19. The lowest BCUT2D eigenvalue weighted by atomic mass is 10.2. The van der Waals surface area contributed by atoms with Crippen LogP contribution >= 0.6 is 0 Å². The fourth-order valence-electron chi connectivity index (χ4n) is 1.65. The Bertz CT molecular complexity index is 582. The van der Waals surface area contributed by atoms with Gasteiger partial charge < -0.3 is 0 Å². The van der Waals surface area contributed by atoms with Crippen molar-refractivity contribution >= 4 is 15.8 Å². The number of terminal acetylenes is 1. The Morgan fingerprint density at radius 1 is 1.32 bits per heavy atom. The summed E-state index contributed by atoms with van der Waals surface area (Å²) in [6.45, 7) is 3.74. The van der Waals surface area contributed by atoms with Gasteiger partial charge in [0.15, 0.2) is 5.78 Å². The highest BCUT2D eigenvalue weighted by Crippen LogP contribution is 2.16. The molecule has 1 aromatic carbocycles. The van der Waals surface area contributed by atoms with E-state index in [4.69, 9.17) is 6.42 Å². The molecule has 0 fully saturated rings. The van der Waals surface area contributed by atoms with E-state index in [0.717, 1.165) is 0 Å². The van der Waals surface area contributed by atoms with E-state index in [0.29, 0.717) is 18.5 Å². The summed E-state index contributed by atoms with van der Waals surface area (Å²) < 4.78 is 25.9. The fourth-order valence-corrected chi connectivity index (χ4v) is 3.09. The Kier molecular flexibility index (Phi) is 5.28. The zero-order valence-electron chi connectivity index (χ0n) is 11.1. The maximum atomic E-state index is 12.3. The molecule has 0 saturated carbocycles. The molecule has 0 radical (unpaired) electrons. The predicted molar refractivity (Wildman–Crippen MR) is 74.3 cm³/mol. The monoisotopic (exact) mass is 279 g/mol. The molecular weight excluding hydrogens is 262 g/mol. The highest BCUT2D eigenvalue weighted by atomic mass is 32.2. The van der Waals surface area contributed by atoms with Crippen LogP contribution in [0.15, 0.2) is 29.2 Å². The van der Waals surface area contributed by atoms with Crippen molar-refractivity contribution in [3.05, 3.63) is 29.8 Å². The Balaban J connectivity index is 3.11. The van der Waals surface area contributed by atoms with E-state index in [1.165, 1.54) is 35.5 Å². The maximum Gasteiger partial charge on any atom is 0.243 e. The number of hydrogen-bond acceptors (Lipinski definition) is 3. The van der Waals surface area contributed by atoms with Crippen molar-refractivity contribution in [2.75, 3.05) is 13.1 Å². The molecule has 0 N–H and O–H groups in total. The minimum Gasteiger partial charge on any atom is -0.295 e. The molecule has 0 aliphatic heterocycles. The van der Waals surface area contributed by atoms with Crippen molar-refractivity contribution in [3.63, 3.8) is 0 Å². The maximum absolute atomic E-state index is 12.3. The fraction of sp³-hybridized carbons (Fsp3) is 0.357. The third kappa shape index (κ3) is 3.66. The summed E-state index contributed by atoms with van der Waals surface area (Å²) in [7, 11) is -3.59. The Morgan fingerprint density at radius 2 is 1.89 bits per heavy atom. The first-order chi connectivity index (χ1) is 8.93. The van der Waals surface area contributed by atoms with E-state index < -0.39 is 10.0 Å². The summed E-state index contributed by atoms with van der Waals surface area (Å²) in [6, 6.07) is 5.89. The number of ketones is 1. The molecule has 0 unspecified atom stereocenters. The molecule has 102 valence electrons. The van der Waals surface area contributed by atoms with Crippen LogP contribution in [0.3, 0.4) is 0 Å². The molecule has 4 nitrogen and oxygen atoms in total. The number of nitrogens with zero attached hydrogens (tertiary/aromatic N) is 1. The summed E-state index contributed by atoms with van der Waals surface area (Å²) in [5.74, 6) is 2.25. The van der Waals surface area contributed by atoms with E-state index in [1.54, 1.807) is 0 Å². The number of carbonyl (C=O) groups excluding carboxylic acids is 1. The van der Waals surface area contributed by atoms with Crippen LogP contribution in [0.4, 0.5) is 0 Å². The largest absolute Gasteiger partial charge is 0.295 e. The van der Waals surface area contributed by atoms with Crippen LogP contribution in [0.5, 0.6) is 0 Å². The van der Waals surface area contributed by atoms with Crippen LogP contribution in [-0.4, -0.2) is 31.6 Å². The van der Waals surface area contributed by atoms with Gasteiger partial charge in [-0.3, -0.25) is 4.79 Å². The van der Waals surface area contributed by atoms with Gasteiger partial charge in [-0.05, 0) is 25.5 Å². The molecule has 0 bridgehead atoms. The van der Waals surface area contributed by atoms with Crippen molar-refractivity contribution in [1.29, 1.82) is 0 Å². The van der Waals surface area contributed by atoms with Gasteiger partial charge in [0.2, 0.25) is 10.0 Å². The van der Waals surface area contributed by atoms with Crippen LogP contribution < -0.4 is 0 Å². The van der Waals surface area contributed by atoms with E-state index in [9.17, 15) is 13.2 Å². The zero-order valence-corrected chi connectivity index (χ0v) is 11.9. The van der Waals surface area contributed by atoms with Gasteiger partial charge in [0.05, 0.1) is 11.4 Å². The lowest BCUT2D eigenvalue weighted by molar-refractivity contribution is 0.101. The number of sulfonamides is 1. The van der Waals surface area contributed by atoms with Crippen LogP contribution in [0.25, 0.3) is 0 Å². The third-order valence-corrected chi connectivity index (χ3v) is 4.50. The average molecular weight is 279 g/mol. The summed E-state index contributed by atoms with van der Waals surface area (Å²) in [4.78, 5) is 11.3. The molecule has 0 saturated heterocycles. The van der Waals surface area contributed by atoms with Gasteiger partial charge in [-0.1, -0.05) is 25.0 Å². The minimum absolute atomic E-state index is 0.0463. The molecule has 0 aromatic heterocycles. The van der Waals surface area contributed by atoms with Crippen LogP contribution in [0, 0.1) is 12.3 Å². The van der Waals surface area contributed by atoms with Gasteiger partial charge in [-0.15, -0.1) is 6.42 Å². The highest BCUT2D eigenvalue weighted by Gasteiger charge is 2.22. The SMILES string of the molecule is C#CCN(CCC)S(=O)(=O)c1ccc(C(C)=O)cc1. The number of hydrogen-bond donors (Lipinski definition) is 0. The van der Waals surface area contributed by atoms with Gasteiger partial charge in [0.1, 0.15) is 0 Å². The third-order valence-electron chi connectivity index (χ3n) is 2.64. The topological polar surface area (TPSA) is 54.5 Å². The second-order valence-corrected chi connectivity index (χ2v) is 6.06. The molecule has 0 amide bonds. The lowest BCUT2D eigenvalue weighted by Crippen LogP contribution is -2.32. The first-order valence-electron chi connectivity index (χ1n) is 5.98. The molecule has 0 spiro atoms. The smallest absolute Gasteiger partial charge is 0.243 e. The van der Waals surface area contributed by atoms with Gasteiger partial charge in [0, 0.05) is 12.1 Å². The average Bonchev–Trinajstić information content (AvgIpc) is 2.38. The Morgan fingerprint density at radius 3 is 2.32 bits per heavy atom. The molecule has 5 heteroatoms. The Labute approximate surface area is 114 Å². The first-order valence-corrected chi connectivity index (χ1v) is 7.42. The first kappa shape index (κ1) is 15.4. The molecule has 0 heterocycles. The van der Waals surface area contributed by atoms with Crippen LogP contribution in [0.2, 0.25) is 0 Å². The molecular formula is C14H17NO3S. The number of Topliss-reactive ketones (excluding diaryl/α,β-unsaturated/α-hetero) is 1. The summed E-state index contributed by atoms with van der Waals surface area (Å²) in [5, 5.41) is 0. The normalized spacial score (nSPS) is 11.3. The number of benzene rings is 1. The summed E-state index contributed by atoms with van der Waals surface area (Å²) in [5.41, 5.74) is 0.484. The predicted octanol–water partition coefficient (Wildman–Crippen LogP) is 1.92. The molecule has 0 aliphatic rings. The number of carbonyl (C=O) groups is 1. The van der Waals surface area contributed by atoms with E-state index in [2.05, 4.69) is 5.92 Å². The standard InChI is InChI=1S/C14H17NO3S/c1-4-10-15(11-5-2)19(17,18)14-8-6-13(7-9-14)12(3)16/h1,6-9H,5,10-11H2,2-3H3. The quantitative estimate of drug-likeness (QED) is 0.590. The second kappa shape index (κ2) is 6.50. The minimum atomic E-state index is -3.59. The molecule has 19 heavy (non-hydrogen) atoms. The number of rotatable bonds is 6. The highest BCUT2D eigenvalue weighted by molar-refractivity contribution is 7.89. The van der Waals surface area contributed by atoms with Crippen LogP contribution in [-0.2, 0) is 10.0 Å². The van der Waals surface area contributed by atoms with Gasteiger partial charge in [-0.2, -0.15) is 4.31 Å². The van der Waals surface area contributed by atoms with Crippen LogP contribution in [0.1, 0.15) is 30.6 Å². The summed E-state index contributed by atoms with van der Waals surface area (Å²) >= 11 is 0. The molecule has 0 atom stereocenters.